The predicted molar refractivity (Wildman–Crippen MR) is 65.7 cm³/mol. The molecular formula is C10H10Br2FNO. The van der Waals surface area contributed by atoms with Gasteiger partial charge in [-0.25, -0.2) is 4.39 Å². The number of rotatable bonds is 2. The van der Waals surface area contributed by atoms with Crippen molar-refractivity contribution in [3.05, 3.63) is 28.5 Å². The van der Waals surface area contributed by atoms with Gasteiger partial charge in [0.25, 0.3) is 0 Å². The van der Waals surface area contributed by atoms with Crippen LogP contribution in [0.3, 0.4) is 0 Å². The number of amides is 1. The first-order chi connectivity index (χ1) is 6.80. The van der Waals surface area contributed by atoms with Crippen molar-refractivity contribution < 1.29 is 9.18 Å². The molecule has 1 N–H and O–H groups in total. The van der Waals surface area contributed by atoms with Gasteiger partial charge in [0, 0.05) is 4.47 Å². The molecular weight excluding hydrogens is 329 g/mol. The average molecular weight is 339 g/mol. The highest BCUT2D eigenvalue weighted by atomic mass is 79.9. The maximum atomic E-state index is 12.8. The minimum absolute atomic E-state index is 0.185. The van der Waals surface area contributed by atoms with Crippen molar-refractivity contribution in [2.75, 3.05) is 5.32 Å². The number of anilines is 1. The molecule has 0 heterocycles. The van der Waals surface area contributed by atoms with Crippen molar-refractivity contribution in [2.24, 2.45) is 0 Å². The molecule has 0 spiro atoms. The molecule has 1 amide bonds. The lowest BCUT2D eigenvalue weighted by Gasteiger charge is -2.16. The standard InChI is InChI=1S/C10H10Br2FNO/c1-10(2,12)9(15)14-8-4-3-6(13)5-7(8)11/h3-5H,1-2H3,(H,14,15). The van der Waals surface area contributed by atoms with Crippen molar-refractivity contribution in [1.82, 2.24) is 0 Å². The molecule has 1 aromatic rings. The molecule has 1 rings (SSSR count). The number of benzene rings is 1. The molecule has 0 aliphatic carbocycles. The van der Waals surface area contributed by atoms with Crippen molar-refractivity contribution in [3.63, 3.8) is 0 Å². The monoisotopic (exact) mass is 337 g/mol. The second-order valence-electron chi connectivity index (χ2n) is 3.55. The highest BCUT2D eigenvalue weighted by Crippen LogP contribution is 2.25. The van der Waals surface area contributed by atoms with Crippen LogP contribution in [-0.2, 0) is 4.79 Å². The Morgan fingerprint density at radius 2 is 2.07 bits per heavy atom. The molecule has 5 heteroatoms. The van der Waals surface area contributed by atoms with E-state index in [9.17, 15) is 9.18 Å². The van der Waals surface area contributed by atoms with Crippen LogP contribution in [0.1, 0.15) is 13.8 Å². The van der Waals surface area contributed by atoms with Crippen molar-refractivity contribution in [2.45, 2.75) is 18.2 Å². The first-order valence-corrected chi connectivity index (χ1v) is 5.85. The normalized spacial score (nSPS) is 11.3. The van der Waals surface area contributed by atoms with E-state index in [1.54, 1.807) is 13.8 Å². The number of carbonyl (C=O) groups excluding carboxylic acids is 1. The van der Waals surface area contributed by atoms with Crippen LogP contribution in [-0.4, -0.2) is 10.2 Å². The number of hydrogen-bond donors (Lipinski definition) is 1. The fraction of sp³-hybridized carbons (Fsp3) is 0.300. The van der Waals surface area contributed by atoms with Gasteiger partial charge in [0.15, 0.2) is 0 Å². The zero-order valence-electron chi connectivity index (χ0n) is 8.27. The lowest BCUT2D eigenvalue weighted by Crippen LogP contribution is -2.31. The summed E-state index contributed by atoms with van der Waals surface area (Å²) in [5.41, 5.74) is 0.550. The largest absolute Gasteiger partial charge is 0.324 e. The highest BCUT2D eigenvalue weighted by molar-refractivity contribution is 9.10. The van der Waals surface area contributed by atoms with Gasteiger partial charge in [0.2, 0.25) is 5.91 Å². The Hall–Kier alpha value is -0.420. The quantitative estimate of drug-likeness (QED) is 0.818. The van der Waals surface area contributed by atoms with Gasteiger partial charge < -0.3 is 5.32 Å². The summed E-state index contributed by atoms with van der Waals surface area (Å²) in [4.78, 5) is 11.6. The molecule has 1 aromatic carbocycles. The van der Waals surface area contributed by atoms with Crippen LogP contribution in [0.25, 0.3) is 0 Å². The van der Waals surface area contributed by atoms with E-state index in [4.69, 9.17) is 0 Å². The first-order valence-electron chi connectivity index (χ1n) is 4.26. The molecule has 0 bridgehead atoms. The molecule has 0 radical (unpaired) electrons. The van der Waals surface area contributed by atoms with Crippen molar-refractivity contribution in [3.8, 4) is 0 Å². The van der Waals surface area contributed by atoms with Crippen LogP contribution in [0, 0.1) is 5.82 Å². The lowest BCUT2D eigenvalue weighted by atomic mass is 10.2. The molecule has 82 valence electrons. The summed E-state index contributed by atoms with van der Waals surface area (Å²) >= 11 is 6.41. The Bertz CT molecular complexity index is 387. The first kappa shape index (κ1) is 12.6. The van der Waals surface area contributed by atoms with E-state index in [2.05, 4.69) is 37.2 Å². The van der Waals surface area contributed by atoms with Crippen LogP contribution in [0.2, 0.25) is 0 Å². The molecule has 0 atom stereocenters. The van der Waals surface area contributed by atoms with E-state index in [1.807, 2.05) is 0 Å². The van der Waals surface area contributed by atoms with Crippen LogP contribution in [0.5, 0.6) is 0 Å². The van der Waals surface area contributed by atoms with E-state index in [1.165, 1.54) is 18.2 Å². The predicted octanol–water partition coefficient (Wildman–Crippen LogP) is 3.70. The minimum Gasteiger partial charge on any atom is -0.324 e. The zero-order valence-corrected chi connectivity index (χ0v) is 11.4. The summed E-state index contributed by atoms with van der Waals surface area (Å²) in [6.45, 7) is 3.47. The Balaban J connectivity index is 2.87. The van der Waals surface area contributed by atoms with Gasteiger partial charge in [-0.05, 0) is 48.0 Å². The molecule has 0 saturated heterocycles. The lowest BCUT2D eigenvalue weighted by molar-refractivity contribution is -0.117. The number of nitrogens with one attached hydrogen (secondary N) is 1. The maximum Gasteiger partial charge on any atom is 0.240 e. The summed E-state index contributed by atoms with van der Waals surface area (Å²) in [7, 11) is 0. The van der Waals surface area contributed by atoms with Gasteiger partial charge in [0.05, 0.1) is 10.0 Å². The Morgan fingerprint density at radius 3 is 2.53 bits per heavy atom. The summed E-state index contributed by atoms with van der Waals surface area (Å²) in [5.74, 6) is -0.534. The third-order valence-electron chi connectivity index (χ3n) is 1.72. The number of halogens is 3. The molecule has 0 aliphatic heterocycles. The summed E-state index contributed by atoms with van der Waals surface area (Å²) in [6.07, 6.45) is 0. The van der Waals surface area contributed by atoms with Crippen LogP contribution >= 0.6 is 31.9 Å². The Kier molecular flexibility index (Phi) is 3.89. The number of alkyl halides is 1. The second kappa shape index (κ2) is 4.61. The highest BCUT2D eigenvalue weighted by Gasteiger charge is 2.24. The van der Waals surface area contributed by atoms with Crippen LogP contribution < -0.4 is 5.32 Å². The molecule has 0 unspecified atom stereocenters. The van der Waals surface area contributed by atoms with E-state index < -0.39 is 4.32 Å². The molecule has 15 heavy (non-hydrogen) atoms. The molecule has 0 saturated carbocycles. The van der Waals surface area contributed by atoms with Gasteiger partial charge >= 0.3 is 0 Å². The van der Waals surface area contributed by atoms with Crippen molar-refractivity contribution >= 4 is 43.5 Å². The van der Waals surface area contributed by atoms with Gasteiger partial charge in [-0.3, -0.25) is 4.79 Å². The number of carbonyl (C=O) groups is 1. The van der Waals surface area contributed by atoms with E-state index in [0.29, 0.717) is 10.2 Å². The summed E-state index contributed by atoms with van der Waals surface area (Å²) in [5, 5.41) is 2.68. The van der Waals surface area contributed by atoms with Crippen LogP contribution in [0.4, 0.5) is 10.1 Å². The molecule has 2 nitrogen and oxygen atoms in total. The zero-order chi connectivity index (χ0) is 11.6. The fourth-order valence-corrected chi connectivity index (χ4v) is 1.41. The molecule has 0 aromatic heterocycles. The Labute approximate surface area is 105 Å². The molecule has 0 aliphatic rings. The average Bonchev–Trinajstić information content (AvgIpc) is 2.08. The summed E-state index contributed by atoms with van der Waals surface area (Å²) in [6, 6.07) is 4.11. The van der Waals surface area contributed by atoms with Gasteiger partial charge in [-0.1, -0.05) is 15.9 Å². The SMILES string of the molecule is CC(C)(Br)C(=O)Nc1ccc(F)cc1Br. The van der Waals surface area contributed by atoms with Crippen LogP contribution in [0.15, 0.2) is 22.7 Å². The van der Waals surface area contributed by atoms with Gasteiger partial charge in [-0.15, -0.1) is 0 Å². The third kappa shape index (κ3) is 3.57. The van der Waals surface area contributed by atoms with E-state index in [0.717, 1.165) is 0 Å². The fourth-order valence-electron chi connectivity index (χ4n) is 0.862. The minimum atomic E-state index is -0.652. The maximum absolute atomic E-state index is 12.8. The second-order valence-corrected chi connectivity index (χ2v) is 6.39. The third-order valence-corrected chi connectivity index (χ3v) is 2.74. The van der Waals surface area contributed by atoms with Gasteiger partial charge in [0.1, 0.15) is 5.82 Å². The molecule has 0 fully saturated rings. The smallest absolute Gasteiger partial charge is 0.240 e. The van der Waals surface area contributed by atoms with Crippen molar-refractivity contribution in [1.29, 1.82) is 0 Å². The number of hydrogen-bond acceptors (Lipinski definition) is 1. The van der Waals surface area contributed by atoms with E-state index in [-0.39, 0.29) is 11.7 Å². The van der Waals surface area contributed by atoms with E-state index >= 15 is 0 Å². The topological polar surface area (TPSA) is 29.1 Å². The van der Waals surface area contributed by atoms with Gasteiger partial charge in [-0.2, -0.15) is 0 Å². The Morgan fingerprint density at radius 1 is 1.47 bits per heavy atom. The summed E-state index contributed by atoms with van der Waals surface area (Å²) < 4.78 is 12.6.